The van der Waals surface area contributed by atoms with Gasteiger partial charge in [-0.1, -0.05) is 61.9 Å². The molecule has 0 radical (unpaired) electrons. The lowest BCUT2D eigenvalue weighted by Gasteiger charge is -2.25. The van der Waals surface area contributed by atoms with E-state index < -0.39 is 0 Å². The number of hydrogen-bond donors (Lipinski definition) is 1. The highest BCUT2D eigenvalue weighted by Gasteiger charge is 2.24. The van der Waals surface area contributed by atoms with E-state index in [1.807, 2.05) is 32.0 Å². The van der Waals surface area contributed by atoms with Crippen LogP contribution in [0.4, 0.5) is 5.69 Å². The molecule has 0 fully saturated rings. The van der Waals surface area contributed by atoms with Gasteiger partial charge in [-0.05, 0) is 24.6 Å². The smallest absolute Gasteiger partial charge is 0.137 e. The minimum Gasteiger partial charge on any atom is -0.378 e. The predicted octanol–water partition coefficient (Wildman–Crippen LogP) is 4.76. The molecule has 21 heavy (non-hydrogen) atoms. The fourth-order valence-corrected chi connectivity index (χ4v) is 2.49. The van der Waals surface area contributed by atoms with Crippen LogP contribution in [0.25, 0.3) is 0 Å². The Morgan fingerprint density at radius 2 is 1.67 bits per heavy atom. The summed E-state index contributed by atoms with van der Waals surface area (Å²) in [6, 6.07) is 18.5. The number of ketones is 1. The molecule has 1 N–H and O–H groups in total. The lowest BCUT2D eigenvalue weighted by molar-refractivity contribution is -0.122. The van der Waals surface area contributed by atoms with Crippen LogP contribution in [0.3, 0.4) is 0 Å². The van der Waals surface area contributed by atoms with Crippen molar-refractivity contribution in [2.45, 2.75) is 33.2 Å². The Morgan fingerprint density at radius 1 is 1.05 bits per heavy atom. The van der Waals surface area contributed by atoms with Crippen molar-refractivity contribution < 1.29 is 4.79 Å². The third kappa shape index (κ3) is 3.94. The summed E-state index contributed by atoms with van der Waals surface area (Å²) < 4.78 is 0. The van der Waals surface area contributed by atoms with Crippen LogP contribution in [0.5, 0.6) is 0 Å². The second-order valence-corrected chi connectivity index (χ2v) is 5.51. The molecule has 110 valence electrons. The largest absolute Gasteiger partial charge is 0.378 e. The molecule has 2 nitrogen and oxygen atoms in total. The summed E-state index contributed by atoms with van der Waals surface area (Å²) >= 11 is 0. The maximum atomic E-state index is 12.1. The van der Waals surface area contributed by atoms with E-state index in [9.17, 15) is 4.79 Å². The number of aryl methyl sites for hydroxylation is 1. The van der Waals surface area contributed by atoms with Gasteiger partial charge in [0.15, 0.2) is 0 Å². The number of hydrogen-bond acceptors (Lipinski definition) is 2. The quantitative estimate of drug-likeness (QED) is 0.826. The van der Waals surface area contributed by atoms with Crippen molar-refractivity contribution in [2.24, 2.45) is 5.92 Å². The highest BCUT2D eigenvalue weighted by atomic mass is 16.1. The number of Topliss-reactive ketones (excluding diaryl/α,β-unsaturated/α-hetero) is 1. The average Bonchev–Trinajstić information content (AvgIpc) is 2.53. The summed E-state index contributed by atoms with van der Waals surface area (Å²) in [7, 11) is 0. The van der Waals surface area contributed by atoms with Gasteiger partial charge in [-0.15, -0.1) is 0 Å². The Balaban J connectivity index is 2.27. The minimum atomic E-state index is -0.0568. The Morgan fingerprint density at radius 3 is 2.24 bits per heavy atom. The van der Waals surface area contributed by atoms with Crippen LogP contribution in [0.2, 0.25) is 0 Å². The highest BCUT2D eigenvalue weighted by Crippen LogP contribution is 2.28. The van der Waals surface area contributed by atoms with Crippen LogP contribution in [-0.4, -0.2) is 5.78 Å². The standard InChI is InChI=1S/C19H23NO/c1-4-18(21)15(3)19(16-8-6-5-7-9-16)20-17-12-10-14(2)11-13-17/h5-13,15,19-20H,4H2,1-3H3/t15-,19+/m0/s1. The summed E-state index contributed by atoms with van der Waals surface area (Å²) in [4.78, 5) is 12.1. The average molecular weight is 281 g/mol. The molecule has 2 atom stereocenters. The zero-order valence-electron chi connectivity index (χ0n) is 13.0. The monoisotopic (exact) mass is 281 g/mol. The molecule has 0 bridgehead atoms. The van der Waals surface area contributed by atoms with E-state index in [4.69, 9.17) is 0 Å². The summed E-state index contributed by atoms with van der Waals surface area (Å²) in [5, 5.41) is 3.52. The van der Waals surface area contributed by atoms with Gasteiger partial charge in [-0.2, -0.15) is 0 Å². The van der Waals surface area contributed by atoms with E-state index in [2.05, 4.69) is 48.6 Å². The predicted molar refractivity (Wildman–Crippen MR) is 88.4 cm³/mol. The topological polar surface area (TPSA) is 29.1 Å². The zero-order chi connectivity index (χ0) is 15.2. The van der Waals surface area contributed by atoms with Crippen LogP contribution in [0, 0.1) is 12.8 Å². The SMILES string of the molecule is CCC(=O)[C@H](C)[C@@H](Nc1ccc(C)cc1)c1ccccc1. The maximum Gasteiger partial charge on any atom is 0.137 e. The second kappa shape index (κ2) is 7.07. The summed E-state index contributed by atoms with van der Waals surface area (Å²) in [5.41, 5.74) is 3.42. The molecule has 2 rings (SSSR count). The van der Waals surface area contributed by atoms with E-state index in [0.29, 0.717) is 6.42 Å². The van der Waals surface area contributed by atoms with Crippen LogP contribution >= 0.6 is 0 Å². The van der Waals surface area contributed by atoms with Crippen LogP contribution < -0.4 is 5.32 Å². The van der Waals surface area contributed by atoms with E-state index in [1.165, 1.54) is 5.56 Å². The third-order valence-corrected chi connectivity index (χ3v) is 3.89. The Kier molecular flexibility index (Phi) is 5.15. The molecule has 0 aliphatic carbocycles. The Hall–Kier alpha value is -2.09. The summed E-state index contributed by atoms with van der Waals surface area (Å²) in [6.45, 7) is 6.00. The van der Waals surface area contributed by atoms with E-state index in [0.717, 1.165) is 11.3 Å². The van der Waals surface area contributed by atoms with Crippen molar-refractivity contribution in [3.05, 3.63) is 65.7 Å². The van der Waals surface area contributed by atoms with Gasteiger partial charge in [0, 0.05) is 18.0 Å². The van der Waals surface area contributed by atoms with Crippen molar-refractivity contribution in [1.82, 2.24) is 0 Å². The molecule has 0 aliphatic rings. The van der Waals surface area contributed by atoms with Gasteiger partial charge in [0.25, 0.3) is 0 Å². The maximum absolute atomic E-state index is 12.1. The van der Waals surface area contributed by atoms with Crippen LogP contribution in [0.15, 0.2) is 54.6 Å². The Labute approximate surface area is 127 Å². The lowest BCUT2D eigenvalue weighted by Crippen LogP contribution is -2.25. The zero-order valence-corrected chi connectivity index (χ0v) is 13.0. The number of benzene rings is 2. The molecule has 0 aliphatic heterocycles. The second-order valence-electron chi connectivity index (χ2n) is 5.51. The summed E-state index contributed by atoms with van der Waals surface area (Å²) in [6.07, 6.45) is 0.570. The van der Waals surface area contributed by atoms with Gasteiger partial charge in [-0.25, -0.2) is 0 Å². The van der Waals surface area contributed by atoms with E-state index >= 15 is 0 Å². The molecule has 0 heterocycles. The first kappa shape index (κ1) is 15.3. The molecular weight excluding hydrogens is 258 g/mol. The molecule has 0 saturated heterocycles. The first-order chi connectivity index (χ1) is 10.1. The van der Waals surface area contributed by atoms with Crippen molar-refractivity contribution in [2.75, 3.05) is 5.32 Å². The molecule has 0 aromatic heterocycles. The fourth-order valence-electron chi connectivity index (χ4n) is 2.49. The van der Waals surface area contributed by atoms with Crippen LogP contribution in [-0.2, 0) is 4.79 Å². The first-order valence-corrected chi connectivity index (χ1v) is 7.52. The van der Waals surface area contributed by atoms with Crippen molar-refractivity contribution >= 4 is 11.5 Å². The molecule has 0 saturated carbocycles. The number of nitrogens with one attached hydrogen (secondary N) is 1. The molecular formula is C19H23NO. The lowest BCUT2D eigenvalue weighted by atomic mass is 9.90. The molecule has 2 aromatic carbocycles. The first-order valence-electron chi connectivity index (χ1n) is 7.52. The van der Waals surface area contributed by atoms with Gasteiger partial charge < -0.3 is 5.32 Å². The van der Waals surface area contributed by atoms with Gasteiger partial charge in [0.1, 0.15) is 5.78 Å². The highest BCUT2D eigenvalue weighted by molar-refractivity contribution is 5.81. The van der Waals surface area contributed by atoms with Crippen molar-refractivity contribution in [1.29, 1.82) is 0 Å². The van der Waals surface area contributed by atoms with Crippen molar-refractivity contribution in [3.8, 4) is 0 Å². The van der Waals surface area contributed by atoms with E-state index in [1.54, 1.807) is 0 Å². The minimum absolute atomic E-state index is 0.00126. The number of carbonyl (C=O) groups excluding carboxylic acids is 1. The normalized spacial score (nSPS) is 13.5. The molecule has 0 amide bonds. The van der Waals surface area contributed by atoms with Gasteiger partial charge >= 0.3 is 0 Å². The number of rotatable bonds is 6. The molecule has 2 heteroatoms. The summed E-state index contributed by atoms with van der Waals surface area (Å²) in [5.74, 6) is 0.224. The number of anilines is 1. The van der Waals surface area contributed by atoms with Gasteiger partial charge in [-0.3, -0.25) is 4.79 Å². The molecule has 0 spiro atoms. The molecule has 2 aromatic rings. The van der Waals surface area contributed by atoms with Gasteiger partial charge in [0.2, 0.25) is 0 Å². The third-order valence-electron chi connectivity index (χ3n) is 3.89. The molecule has 0 unspecified atom stereocenters. The van der Waals surface area contributed by atoms with Gasteiger partial charge in [0.05, 0.1) is 6.04 Å². The van der Waals surface area contributed by atoms with Crippen molar-refractivity contribution in [3.63, 3.8) is 0 Å². The fraction of sp³-hybridized carbons (Fsp3) is 0.316. The van der Waals surface area contributed by atoms with Crippen LogP contribution in [0.1, 0.15) is 37.4 Å². The Bertz CT molecular complexity index is 574. The number of carbonyl (C=O) groups is 1. The van der Waals surface area contributed by atoms with E-state index in [-0.39, 0.29) is 17.7 Å².